The minimum absolute atomic E-state index is 0.123. The molecular formula is C28H39N3O5. The molecule has 1 aliphatic rings. The van der Waals surface area contributed by atoms with Crippen molar-refractivity contribution in [3.05, 3.63) is 54.1 Å². The van der Waals surface area contributed by atoms with E-state index in [9.17, 15) is 14.4 Å². The summed E-state index contributed by atoms with van der Waals surface area (Å²) in [5.41, 5.74) is 2.03. The van der Waals surface area contributed by atoms with Gasteiger partial charge in [-0.1, -0.05) is 30.3 Å². The maximum atomic E-state index is 12.7. The van der Waals surface area contributed by atoms with Crippen molar-refractivity contribution in [3.8, 4) is 16.9 Å². The molecule has 2 aromatic carbocycles. The number of ether oxygens (including phenoxy) is 2. The van der Waals surface area contributed by atoms with Gasteiger partial charge < -0.3 is 25.0 Å². The van der Waals surface area contributed by atoms with Crippen LogP contribution >= 0.6 is 0 Å². The number of benzene rings is 2. The van der Waals surface area contributed by atoms with Gasteiger partial charge in [0.05, 0.1) is 7.11 Å². The lowest BCUT2D eigenvalue weighted by Gasteiger charge is -2.18. The van der Waals surface area contributed by atoms with Crippen LogP contribution in [0.5, 0.6) is 5.75 Å². The summed E-state index contributed by atoms with van der Waals surface area (Å²) in [4.78, 5) is 37.1. The molecule has 2 aromatic rings. The molecule has 0 spiro atoms. The molecule has 3 amide bonds. The molecule has 0 bridgehead atoms. The first-order chi connectivity index (χ1) is 17.1. The average molecular weight is 498 g/mol. The van der Waals surface area contributed by atoms with Crippen molar-refractivity contribution in [2.24, 2.45) is 0 Å². The van der Waals surface area contributed by atoms with Crippen LogP contribution < -0.4 is 15.4 Å². The number of nitrogens with one attached hydrogen (secondary N) is 2. The summed E-state index contributed by atoms with van der Waals surface area (Å²) < 4.78 is 10.1. The molecule has 0 atom stereocenters. The quantitative estimate of drug-likeness (QED) is 0.544. The zero-order chi connectivity index (χ0) is 26.6. The molecule has 0 radical (unpaired) electrons. The monoisotopic (exact) mass is 497 g/mol. The third-order valence-electron chi connectivity index (χ3n) is 5.47. The largest absolute Gasteiger partial charge is 0.497 e. The van der Waals surface area contributed by atoms with Gasteiger partial charge >= 0.3 is 6.09 Å². The topological polar surface area (TPSA) is 97.0 Å². The Labute approximate surface area is 214 Å². The highest BCUT2D eigenvalue weighted by atomic mass is 16.6. The molecule has 0 saturated carbocycles. The molecule has 2 N–H and O–H groups in total. The van der Waals surface area contributed by atoms with Gasteiger partial charge in [0.1, 0.15) is 11.4 Å². The van der Waals surface area contributed by atoms with Crippen LogP contribution in [0.1, 0.15) is 56.8 Å². The SMILES string of the molecule is CNC(=O)OC(C)(C)C.COc1cccc(-c2ccccc2C(=O)NCCCC(=O)N2CCCC2)c1. The highest BCUT2D eigenvalue weighted by molar-refractivity contribution is 6.01. The normalized spacial score (nSPS) is 12.8. The molecule has 1 fully saturated rings. The van der Waals surface area contributed by atoms with E-state index in [4.69, 9.17) is 9.47 Å². The molecule has 1 saturated heterocycles. The van der Waals surface area contributed by atoms with Crippen LogP contribution in [-0.4, -0.2) is 62.2 Å². The third-order valence-corrected chi connectivity index (χ3v) is 5.47. The summed E-state index contributed by atoms with van der Waals surface area (Å²) in [6, 6.07) is 15.2. The van der Waals surface area contributed by atoms with E-state index < -0.39 is 0 Å². The lowest BCUT2D eigenvalue weighted by molar-refractivity contribution is -0.130. The summed E-state index contributed by atoms with van der Waals surface area (Å²) in [5.74, 6) is 0.823. The van der Waals surface area contributed by atoms with Gasteiger partial charge in [-0.3, -0.25) is 9.59 Å². The van der Waals surface area contributed by atoms with Gasteiger partial charge in [0, 0.05) is 38.7 Å². The van der Waals surface area contributed by atoms with Gasteiger partial charge in [0.15, 0.2) is 0 Å². The number of hydrogen-bond acceptors (Lipinski definition) is 5. The predicted octanol–water partition coefficient (Wildman–Crippen LogP) is 4.64. The van der Waals surface area contributed by atoms with E-state index >= 15 is 0 Å². The Morgan fingerprint density at radius 3 is 2.31 bits per heavy atom. The molecule has 3 rings (SSSR count). The van der Waals surface area contributed by atoms with E-state index in [1.165, 1.54) is 7.05 Å². The van der Waals surface area contributed by atoms with Crippen molar-refractivity contribution >= 4 is 17.9 Å². The second-order valence-corrected chi connectivity index (χ2v) is 9.48. The molecule has 8 nitrogen and oxygen atoms in total. The zero-order valence-corrected chi connectivity index (χ0v) is 22.1. The fourth-order valence-electron chi connectivity index (χ4n) is 3.71. The van der Waals surface area contributed by atoms with E-state index in [2.05, 4.69) is 10.6 Å². The van der Waals surface area contributed by atoms with Crippen molar-refractivity contribution in [3.63, 3.8) is 0 Å². The second-order valence-electron chi connectivity index (χ2n) is 9.48. The Kier molecular flexibility index (Phi) is 11.2. The Hall–Kier alpha value is -3.55. The maximum absolute atomic E-state index is 12.7. The molecule has 0 aromatic heterocycles. The van der Waals surface area contributed by atoms with E-state index in [1.807, 2.05) is 74.2 Å². The van der Waals surface area contributed by atoms with Crippen molar-refractivity contribution < 1.29 is 23.9 Å². The lowest BCUT2D eigenvalue weighted by atomic mass is 9.99. The summed E-state index contributed by atoms with van der Waals surface area (Å²) in [5, 5.41) is 5.30. The highest BCUT2D eigenvalue weighted by Gasteiger charge is 2.18. The number of likely N-dealkylation sites (tertiary alicyclic amines) is 1. The number of hydrogen-bond donors (Lipinski definition) is 2. The minimum Gasteiger partial charge on any atom is -0.497 e. The van der Waals surface area contributed by atoms with Crippen LogP contribution in [0.2, 0.25) is 0 Å². The summed E-state index contributed by atoms with van der Waals surface area (Å²) >= 11 is 0. The Morgan fingerprint density at radius 2 is 1.69 bits per heavy atom. The van der Waals surface area contributed by atoms with E-state index in [-0.39, 0.29) is 23.5 Å². The minimum atomic E-state index is -0.389. The van der Waals surface area contributed by atoms with Crippen LogP contribution in [-0.2, 0) is 9.53 Å². The van der Waals surface area contributed by atoms with Gasteiger partial charge in [0.2, 0.25) is 5.91 Å². The van der Waals surface area contributed by atoms with E-state index in [0.717, 1.165) is 42.8 Å². The predicted molar refractivity (Wildman–Crippen MR) is 141 cm³/mol. The van der Waals surface area contributed by atoms with Gasteiger partial charge in [-0.15, -0.1) is 0 Å². The number of nitrogens with zero attached hydrogens (tertiary/aromatic N) is 1. The molecule has 196 valence electrons. The van der Waals surface area contributed by atoms with Crippen LogP contribution in [0.15, 0.2) is 48.5 Å². The van der Waals surface area contributed by atoms with Crippen molar-refractivity contribution in [2.45, 2.75) is 52.1 Å². The summed E-state index contributed by atoms with van der Waals surface area (Å²) in [6.45, 7) is 7.70. The summed E-state index contributed by atoms with van der Waals surface area (Å²) in [7, 11) is 3.16. The zero-order valence-electron chi connectivity index (χ0n) is 22.1. The molecule has 1 aliphatic heterocycles. The Morgan fingerprint density at radius 1 is 1.00 bits per heavy atom. The molecule has 0 unspecified atom stereocenters. The van der Waals surface area contributed by atoms with Crippen LogP contribution in [0, 0.1) is 0 Å². The number of carbonyl (C=O) groups excluding carboxylic acids is 3. The number of carbonyl (C=O) groups is 3. The van der Waals surface area contributed by atoms with Gasteiger partial charge in [-0.2, -0.15) is 0 Å². The number of alkyl carbamates (subject to hydrolysis) is 1. The molecule has 1 heterocycles. The van der Waals surface area contributed by atoms with Crippen molar-refractivity contribution in [2.75, 3.05) is 33.8 Å². The highest BCUT2D eigenvalue weighted by Crippen LogP contribution is 2.27. The number of amides is 3. The Balaban J connectivity index is 0.000000434. The van der Waals surface area contributed by atoms with Crippen molar-refractivity contribution in [1.82, 2.24) is 15.5 Å². The van der Waals surface area contributed by atoms with E-state index in [1.54, 1.807) is 7.11 Å². The maximum Gasteiger partial charge on any atom is 0.407 e. The molecule has 0 aliphatic carbocycles. The van der Waals surface area contributed by atoms with E-state index in [0.29, 0.717) is 24.9 Å². The average Bonchev–Trinajstić information content (AvgIpc) is 3.41. The van der Waals surface area contributed by atoms with Gasteiger partial charge in [0.25, 0.3) is 5.91 Å². The fourth-order valence-corrected chi connectivity index (χ4v) is 3.71. The van der Waals surface area contributed by atoms with Crippen LogP contribution in [0.3, 0.4) is 0 Å². The molecular weight excluding hydrogens is 458 g/mol. The second kappa shape index (κ2) is 14.1. The van der Waals surface area contributed by atoms with Gasteiger partial charge in [-0.25, -0.2) is 4.79 Å². The van der Waals surface area contributed by atoms with Crippen LogP contribution in [0.4, 0.5) is 4.79 Å². The number of methoxy groups -OCH3 is 1. The summed E-state index contributed by atoms with van der Waals surface area (Å²) in [6.07, 6.45) is 2.95. The first-order valence-electron chi connectivity index (χ1n) is 12.3. The first-order valence-corrected chi connectivity index (χ1v) is 12.3. The first kappa shape index (κ1) is 28.7. The Bertz CT molecular complexity index is 1010. The van der Waals surface area contributed by atoms with Gasteiger partial charge in [-0.05, 0) is 69.4 Å². The van der Waals surface area contributed by atoms with Crippen LogP contribution in [0.25, 0.3) is 11.1 Å². The van der Waals surface area contributed by atoms with Crippen molar-refractivity contribution in [1.29, 1.82) is 0 Å². The standard InChI is InChI=1S/C22H26N2O3.C6H13NO2/c1-27-18-9-6-8-17(16-18)19-10-2-3-11-20(19)22(26)23-13-7-12-21(25)24-14-4-5-15-24;1-6(2,3)9-5(8)7-4/h2-3,6,8-11,16H,4-5,7,12-15H2,1H3,(H,23,26);1-4H3,(H,7,8). The third kappa shape index (κ3) is 9.60. The molecule has 8 heteroatoms. The fraction of sp³-hybridized carbons (Fsp3) is 0.464. The number of rotatable bonds is 7. The smallest absolute Gasteiger partial charge is 0.407 e. The lowest BCUT2D eigenvalue weighted by Crippen LogP contribution is -2.30. The molecule has 36 heavy (non-hydrogen) atoms.